The number of carbonyl (C=O) groups excluding carboxylic acids is 1. The van der Waals surface area contributed by atoms with Gasteiger partial charge in [0.15, 0.2) is 0 Å². The first-order valence-corrected chi connectivity index (χ1v) is 6.82. The third-order valence-electron chi connectivity index (χ3n) is 3.46. The highest BCUT2D eigenvalue weighted by atomic mass is 32.1. The Morgan fingerprint density at radius 1 is 1.44 bits per heavy atom. The third kappa shape index (κ3) is 1.66. The topological polar surface area (TPSA) is 32.3 Å². The molecule has 1 N–H and O–H groups in total. The first-order valence-electron chi connectivity index (χ1n) is 5.95. The summed E-state index contributed by atoms with van der Waals surface area (Å²) in [6, 6.07) is 2.03. The summed E-state index contributed by atoms with van der Waals surface area (Å²) in [5.41, 5.74) is 1.22. The minimum Gasteiger partial charge on any atom is -0.341 e. The Balaban J connectivity index is 1.83. The van der Waals surface area contributed by atoms with Crippen molar-refractivity contribution in [3.63, 3.8) is 0 Å². The number of hydrogen-bond acceptors (Lipinski definition) is 3. The number of thiophene rings is 1. The Kier molecular flexibility index (Phi) is 2.69. The van der Waals surface area contributed by atoms with Crippen LogP contribution >= 0.6 is 11.3 Å². The van der Waals surface area contributed by atoms with E-state index in [-0.39, 0.29) is 11.9 Å². The molecule has 0 saturated carbocycles. The molecule has 3 rings (SSSR count). The maximum atomic E-state index is 12.3. The summed E-state index contributed by atoms with van der Waals surface area (Å²) in [5.74, 6) is 0.275. The number of nitrogens with zero attached hydrogens (tertiary/aromatic N) is 1. The molecule has 1 fully saturated rings. The molecule has 0 aromatic carbocycles. The predicted molar refractivity (Wildman–Crippen MR) is 64.6 cm³/mol. The first kappa shape index (κ1) is 10.3. The smallest absolute Gasteiger partial charge is 0.244 e. The van der Waals surface area contributed by atoms with Crippen molar-refractivity contribution in [2.75, 3.05) is 19.6 Å². The van der Waals surface area contributed by atoms with E-state index in [1.54, 1.807) is 11.3 Å². The number of carbonyl (C=O) groups is 1. The van der Waals surface area contributed by atoms with Crippen molar-refractivity contribution < 1.29 is 4.79 Å². The number of fused-ring (bicyclic) bond motifs is 1. The molecule has 3 heterocycles. The van der Waals surface area contributed by atoms with E-state index in [0.717, 1.165) is 38.9 Å². The fraction of sp³-hybridized carbons (Fsp3) is 0.583. The highest BCUT2D eigenvalue weighted by Crippen LogP contribution is 2.29. The van der Waals surface area contributed by atoms with Gasteiger partial charge in [-0.1, -0.05) is 0 Å². The van der Waals surface area contributed by atoms with Crippen LogP contribution in [0, 0.1) is 0 Å². The predicted octanol–water partition coefficient (Wildman–Crippen LogP) is 1.56. The van der Waals surface area contributed by atoms with Crippen LogP contribution in [0.4, 0.5) is 0 Å². The zero-order chi connectivity index (χ0) is 11.0. The normalized spacial score (nSPS) is 24.5. The lowest BCUT2D eigenvalue weighted by Crippen LogP contribution is -2.42. The molecule has 0 bridgehead atoms. The van der Waals surface area contributed by atoms with Gasteiger partial charge in [0.25, 0.3) is 0 Å². The molecule has 86 valence electrons. The van der Waals surface area contributed by atoms with Gasteiger partial charge in [-0.25, -0.2) is 0 Å². The summed E-state index contributed by atoms with van der Waals surface area (Å²) in [5, 5.41) is 5.45. The quantitative estimate of drug-likeness (QED) is 0.802. The minimum absolute atomic E-state index is 0.0758. The molecule has 0 aliphatic carbocycles. The van der Waals surface area contributed by atoms with Gasteiger partial charge in [-0.15, -0.1) is 11.3 Å². The van der Waals surface area contributed by atoms with Crippen LogP contribution < -0.4 is 5.32 Å². The fourth-order valence-corrected chi connectivity index (χ4v) is 3.51. The molecule has 0 radical (unpaired) electrons. The monoisotopic (exact) mass is 236 g/mol. The largest absolute Gasteiger partial charge is 0.341 e. The van der Waals surface area contributed by atoms with Gasteiger partial charge < -0.3 is 10.2 Å². The van der Waals surface area contributed by atoms with Gasteiger partial charge >= 0.3 is 0 Å². The number of hydrogen-bond donors (Lipinski definition) is 1. The van der Waals surface area contributed by atoms with E-state index in [9.17, 15) is 4.79 Å². The zero-order valence-electron chi connectivity index (χ0n) is 9.24. The molecular weight excluding hydrogens is 220 g/mol. The standard InChI is InChI=1S/C12H16N2OS/c15-12(14-6-1-2-7-14)11-9-4-8-16-10(9)3-5-13-11/h4,8,11,13H,1-3,5-7H2. The summed E-state index contributed by atoms with van der Waals surface area (Å²) < 4.78 is 0. The highest BCUT2D eigenvalue weighted by molar-refractivity contribution is 7.10. The van der Waals surface area contributed by atoms with E-state index >= 15 is 0 Å². The van der Waals surface area contributed by atoms with E-state index in [0.29, 0.717) is 0 Å². The molecule has 0 spiro atoms. The molecule has 1 aromatic heterocycles. The van der Waals surface area contributed by atoms with E-state index < -0.39 is 0 Å². The van der Waals surface area contributed by atoms with Gasteiger partial charge in [0.1, 0.15) is 6.04 Å². The Hall–Kier alpha value is -0.870. The van der Waals surface area contributed by atoms with Crippen molar-refractivity contribution in [3.8, 4) is 0 Å². The Bertz CT molecular complexity index is 395. The van der Waals surface area contributed by atoms with E-state index in [1.165, 1.54) is 10.4 Å². The van der Waals surface area contributed by atoms with Gasteiger partial charge in [0, 0.05) is 24.5 Å². The van der Waals surface area contributed by atoms with Crippen LogP contribution in [-0.4, -0.2) is 30.4 Å². The molecule has 1 amide bonds. The summed E-state index contributed by atoms with van der Waals surface area (Å²) in [6.45, 7) is 2.81. The second-order valence-electron chi connectivity index (χ2n) is 4.47. The molecular formula is C12H16N2OS. The van der Waals surface area contributed by atoms with Gasteiger partial charge in [-0.2, -0.15) is 0 Å². The molecule has 1 unspecified atom stereocenters. The van der Waals surface area contributed by atoms with Gasteiger partial charge in [-0.05, 0) is 36.3 Å². The molecule has 1 aromatic rings. The maximum absolute atomic E-state index is 12.3. The number of rotatable bonds is 1. The van der Waals surface area contributed by atoms with E-state index in [2.05, 4.69) is 16.8 Å². The summed E-state index contributed by atoms with van der Waals surface area (Å²) in [4.78, 5) is 15.7. The van der Waals surface area contributed by atoms with Crippen LogP contribution in [0.2, 0.25) is 0 Å². The van der Waals surface area contributed by atoms with Crippen molar-refractivity contribution >= 4 is 17.2 Å². The van der Waals surface area contributed by atoms with Gasteiger partial charge in [-0.3, -0.25) is 4.79 Å². The molecule has 2 aliphatic rings. The molecule has 4 heteroatoms. The summed E-state index contributed by atoms with van der Waals surface area (Å²) >= 11 is 1.78. The Morgan fingerprint density at radius 2 is 2.25 bits per heavy atom. The van der Waals surface area contributed by atoms with Crippen molar-refractivity contribution in [3.05, 3.63) is 21.9 Å². The molecule has 16 heavy (non-hydrogen) atoms. The molecule has 1 atom stereocenters. The number of likely N-dealkylation sites (tertiary alicyclic amines) is 1. The molecule has 1 saturated heterocycles. The summed E-state index contributed by atoms with van der Waals surface area (Å²) in [7, 11) is 0. The maximum Gasteiger partial charge on any atom is 0.244 e. The van der Waals surface area contributed by atoms with Crippen LogP contribution in [0.5, 0.6) is 0 Å². The first-order chi connectivity index (χ1) is 7.86. The second-order valence-corrected chi connectivity index (χ2v) is 5.47. The number of amides is 1. The zero-order valence-corrected chi connectivity index (χ0v) is 10.1. The second kappa shape index (κ2) is 4.18. The van der Waals surface area contributed by atoms with E-state index in [4.69, 9.17) is 0 Å². The Morgan fingerprint density at radius 3 is 3.06 bits per heavy atom. The lowest BCUT2D eigenvalue weighted by molar-refractivity contribution is -0.132. The van der Waals surface area contributed by atoms with Crippen LogP contribution in [0.1, 0.15) is 29.3 Å². The lowest BCUT2D eigenvalue weighted by Gasteiger charge is -2.27. The molecule has 2 aliphatic heterocycles. The van der Waals surface area contributed by atoms with Crippen molar-refractivity contribution in [2.24, 2.45) is 0 Å². The average molecular weight is 236 g/mol. The van der Waals surface area contributed by atoms with Gasteiger partial charge in [0.2, 0.25) is 5.91 Å². The SMILES string of the molecule is O=C(C1NCCc2sccc21)N1CCCC1. The van der Waals surface area contributed by atoms with Crippen LogP contribution in [-0.2, 0) is 11.2 Å². The third-order valence-corrected chi connectivity index (χ3v) is 4.45. The Labute approximate surface area is 99.5 Å². The lowest BCUT2D eigenvalue weighted by atomic mass is 10.0. The summed E-state index contributed by atoms with van der Waals surface area (Å²) in [6.07, 6.45) is 3.39. The highest BCUT2D eigenvalue weighted by Gasteiger charge is 2.31. The minimum atomic E-state index is -0.0758. The van der Waals surface area contributed by atoms with E-state index in [1.807, 2.05) is 4.90 Å². The van der Waals surface area contributed by atoms with Crippen LogP contribution in [0.3, 0.4) is 0 Å². The number of nitrogens with one attached hydrogen (secondary N) is 1. The van der Waals surface area contributed by atoms with Crippen molar-refractivity contribution in [1.82, 2.24) is 10.2 Å². The van der Waals surface area contributed by atoms with Crippen molar-refractivity contribution in [1.29, 1.82) is 0 Å². The average Bonchev–Trinajstić information content (AvgIpc) is 2.98. The fourth-order valence-electron chi connectivity index (χ4n) is 2.59. The van der Waals surface area contributed by atoms with Crippen LogP contribution in [0.15, 0.2) is 11.4 Å². The van der Waals surface area contributed by atoms with Gasteiger partial charge in [0.05, 0.1) is 0 Å². The molecule has 3 nitrogen and oxygen atoms in total. The van der Waals surface area contributed by atoms with Crippen molar-refractivity contribution in [2.45, 2.75) is 25.3 Å². The van der Waals surface area contributed by atoms with Crippen LogP contribution in [0.25, 0.3) is 0 Å².